The molecule has 0 spiro atoms. The van der Waals surface area contributed by atoms with Crippen LogP contribution in [0, 0.1) is 0 Å². The highest BCUT2D eigenvalue weighted by atomic mass is 32.1. The molecule has 0 saturated carbocycles. The van der Waals surface area contributed by atoms with Crippen LogP contribution in [0.1, 0.15) is 0 Å². The van der Waals surface area contributed by atoms with Crippen molar-refractivity contribution in [2.24, 2.45) is 0 Å². The van der Waals surface area contributed by atoms with E-state index in [0.717, 1.165) is 0 Å². The van der Waals surface area contributed by atoms with Crippen LogP contribution in [0.3, 0.4) is 0 Å². The van der Waals surface area contributed by atoms with E-state index in [1.807, 2.05) is 0 Å². The Morgan fingerprint density at radius 1 is 1.17 bits per heavy atom. The van der Waals surface area contributed by atoms with Crippen molar-refractivity contribution < 1.29 is 20.1 Å². The Bertz CT molecular complexity index is 152. The van der Waals surface area contributed by atoms with Gasteiger partial charge in [-0.3, -0.25) is 0 Å². The summed E-state index contributed by atoms with van der Waals surface area (Å²) in [5, 5.41) is 26.3. The number of hydrogen-bond acceptors (Lipinski definition) is 6. The van der Waals surface area contributed by atoms with Gasteiger partial charge in [0.1, 0.15) is 6.10 Å². The van der Waals surface area contributed by atoms with E-state index >= 15 is 0 Å². The number of rotatable bonds is 1. The zero-order chi connectivity index (χ0) is 9.30. The third-order valence-electron chi connectivity index (χ3n) is 1.87. The summed E-state index contributed by atoms with van der Waals surface area (Å²) in [4.78, 5) is 0. The van der Waals surface area contributed by atoms with Crippen molar-refractivity contribution >= 4 is 25.3 Å². The first kappa shape index (κ1) is 10.6. The minimum atomic E-state index is -1.28. The molecule has 4 nitrogen and oxygen atoms in total. The number of ether oxygens (including phenoxy) is 1. The van der Waals surface area contributed by atoms with E-state index in [1.54, 1.807) is 0 Å². The second-order valence-corrected chi connectivity index (χ2v) is 3.91. The molecule has 1 fully saturated rings. The number of thiol groups is 2. The summed E-state index contributed by atoms with van der Waals surface area (Å²) in [6, 6.07) is 0. The molecule has 1 saturated heterocycles. The first-order valence-corrected chi connectivity index (χ1v) is 4.59. The van der Waals surface area contributed by atoms with Crippen LogP contribution >= 0.6 is 25.3 Å². The average Bonchev–Trinajstić information content (AvgIpc) is 2.08. The van der Waals surface area contributed by atoms with Crippen molar-refractivity contribution in [1.82, 2.24) is 0 Å². The predicted octanol–water partition coefficient (Wildman–Crippen LogP) is -1.35. The van der Waals surface area contributed by atoms with Gasteiger partial charge in [-0.05, 0) is 0 Å². The lowest BCUT2D eigenvalue weighted by Crippen LogP contribution is -2.54. The van der Waals surface area contributed by atoms with Gasteiger partial charge in [-0.15, -0.1) is 0 Å². The van der Waals surface area contributed by atoms with Crippen molar-refractivity contribution in [3.8, 4) is 0 Å². The van der Waals surface area contributed by atoms with E-state index in [1.165, 1.54) is 0 Å². The Hall–Kier alpha value is 0.540. The molecule has 2 unspecified atom stereocenters. The van der Waals surface area contributed by atoms with Gasteiger partial charge in [0.05, 0.1) is 12.7 Å². The van der Waals surface area contributed by atoms with Crippen LogP contribution < -0.4 is 0 Å². The lowest BCUT2D eigenvalue weighted by Gasteiger charge is -2.38. The highest BCUT2D eigenvalue weighted by Crippen LogP contribution is 2.27. The Balaban J connectivity index is 2.63. The van der Waals surface area contributed by atoms with Gasteiger partial charge in [0.15, 0.2) is 6.29 Å². The Morgan fingerprint density at radius 2 is 1.75 bits per heavy atom. The molecule has 12 heavy (non-hydrogen) atoms. The van der Waals surface area contributed by atoms with Gasteiger partial charge in [0, 0.05) is 10.5 Å². The molecule has 1 heterocycles. The molecule has 1 aliphatic rings. The van der Waals surface area contributed by atoms with Crippen molar-refractivity contribution in [1.29, 1.82) is 0 Å². The first-order valence-electron chi connectivity index (χ1n) is 3.56. The molecule has 72 valence electrons. The fraction of sp³-hybridized carbons (Fsp3) is 1.00. The molecule has 0 radical (unpaired) electrons. The normalized spacial score (nSPS) is 49.2. The van der Waals surface area contributed by atoms with E-state index in [2.05, 4.69) is 25.3 Å². The Kier molecular flexibility index (Phi) is 3.69. The summed E-state index contributed by atoms with van der Waals surface area (Å²) < 4.78 is 4.86. The van der Waals surface area contributed by atoms with E-state index < -0.39 is 23.7 Å². The molecule has 5 atom stereocenters. The standard InChI is InChI=1S/C6H12O4S2/c7-1-2-4(11)5(12)3(8)6(9)10-2/h2-9,11-12H,1H2/t2?,3?,4-,5+,6-/m0/s1. The molecular formula is C6H12O4S2. The molecule has 0 amide bonds. The molecule has 1 rings (SSSR count). The van der Waals surface area contributed by atoms with E-state index in [9.17, 15) is 5.11 Å². The number of aliphatic hydroxyl groups excluding tert-OH is 3. The number of aliphatic hydroxyl groups is 3. The van der Waals surface area contributed by atoms with Crippen LogP contribution in [0.5, 0.6) is 0 Å². The maximum absolute atomic E-state index is 9.25. The molecule has 6 heteroatoms. The number of hydrogen-bond donors (Lipinski definition) is 5. The summed E-state index contributed by atoms with van der Waals surface area (Å²) >= 11 is 8.14. The van der Waals surface area contributed by atoms with Crippen molar-refractivity contribution in [2.75, 3.05) is 6.61 Å². The van der Waals surface area contributed by atoms with Gasteiger partial charge >= 0.3 is 0 Å². The van der Waals surface area contributed by atoms with Crippen LogP contribution in [0.15, 0.2) is 0 Å². The molecule has 0 bridgehead atoms. The van der Waals surface area contributed by atoms with Crippen molar-refractivity contribution in [3.05, 3.63) is 0 Å². The smallest absolute Gasteiger partial charge is 0.182 e. The van der Waals surface area contributed by atoms with Crippen LogP contribution in [0.25, 0.3) is 0 Å². The zero-order valence-electron chi connectivity index (χ0n) is 6.24. The zero-order valence-corrected chi connectivity index (χ0v) is 8.03. The second kappa shape index (κ2) is 4.17. The molecule has 0 aromatic carbocycles. The SMILES string of the molecule is OCC1O[C@H](O)C(O)[C@@H](S)[C@H]1S. The maximum atomic E-state index is 9.25. The summed E-state index contributed by atoms with van der Waals surface area (Å²) in [7, 11) is 0. The highest BCUT2D eigenvalue weighted by molar-refractivity contribution is 7.85. The molecular weight excluding hydrogens is 200 g/mol. The third-order valence-corrected chi connectivity index (χ3v) is 3.38. The third kappa shape index (κ3) is 1.89. The quantitative estimate of drug-likeness (QED) is 0.349. The molecule has 1 aliphatic heterocycles. The van der Waals surface area contributed by atoms with Crippen LogP contribution in [-0.2, 0) is 4.74 Å². The monoisotopic (exact) mass is 212 g/mol. The van der Waals surface area contributed by atoms with Crippen LogP contribution in [0.4, 0.5) is 0 Å². The first-order chi connectivity index (χ1) is 5.57. The predicted molar refractivity (Wildman–Crippen MR) is 49.5 cm³/mol. The summed E-state index contributed by atoms with van der Waals surface area (Å²) in [6.07, 6.45) is -2.92. The highest BCUT2D eigenvalue weighted by Gasteiger charge is 2.40. The molecule has 3 N–H and O–H groups in total. The summed E-state index contributed by atoms with van der Waals surface area (Å²) in [5.41, 5.74) is 0. The Morgan fingerprint density at radius 3 is 2.25 bits per heavy atom. The minimum absolute atomic E-state index is 0.241. The van der Waals surface area contributed by atoms with Gasteiger partial charge in [0.2, 0.25) is 0 Å². The van der Waals surface area contributed by atoms with Crippen molar-refractivity contribution in [2.45, 2.75) is 29.0 Å². The van der Waals surface area contributed by atoms with Gasteiger partial charge in [-0.25, -0.2) is 0 Å². The van der Waals surface area contributed by atoms with Crippen LogP contribution in [-0.4, -0.2) is 50.9 Å². The van der Waals surface area contributed by atoms with Gasteiger partial charge in [-0.1, -0.05) is 0 Å². The molecule has 0 aliphatic carbocycles. The fourth-order valence-corrected chi connectivity index (χ4v) is 1.76. The Labute approximate surface area is 81.4 Å². The fourth-order valence-electron chi connectivity index (χ4n) is 1.08. The molecule has 0 aromatic heterocycles. The van der Waals surface area contributed by atoms with Crippen LogP contribution in [0.2, 0.25) is 0 Å². The lowest BCUT2D eigenvalue weighted by atomic mass is 10.1. The summed E-state index contributed by atoms with van der Waals surface area (Å²) in [5.74, 6) is 0. The average molecular weight is 212 g/mol. The lowest BCUT2D eigenvalue weighted by molar-refractivity contribution is -0.215. The second-order valence-electron chi connectivity index (χ2n) is 2.72. The van der Waals surface area contributed by atoms with Gasteiger partial charge < -0.3 is 20.1 Å². The van der Waals surface area contributed by atoms with E-state index in [-0.39, 0.29) is 11.9 Å². The topological polar surface area (TPSA) is 69.9 Å². The van der Waals surface area contributed by atoms with Gasteiger partial charge in [-0.2, -0.15) is 25.3 Å². The van der Waals surface area contributed by atoms with Crippen molar-refractivity contribution in [3.63, 3.8) is 0 Å². The van der Waals surface area contributed by atoms with E-state index in [4.69, 9.17) is 14.9 Å². The minimum Gasteiger partial charge on any atom is -0.394 e. The molecule has 0 aromatic rings. The maximum Gasteiger partial charge on any atom is 0.182 e. The summed E-state index contributed by atoms with van der Waals surface area (Å²) in [6.45, 7) is -0.241. The largest absolute Gasteiger partial charge is 0.394 e. The van der Waals surface area contributed by atoms with Gasteiger partial charge in [0.25, 0.3) is 0 Å². The van der Waals surface area contributed by atoms with E-state index in [0.29, 0.717) is 0 Å².